The minimum atomic E-state index is 1.00. The van der Waals surface area contributed by atoms with E-state index in [0.29, 0.717) is 0 Å². The monoisotopic (exact) mass is 300 g/mol. The van der Waals surface area contributed by atoms with Crippen molar-refractivity contribution in [2.24, 2.45) is 0 Å². The first kappa shape index (κ1) is 15.5. The van der Waals surface area contributed by atoms with Crippen LogP contribution in [0, 0.1) is 6.92 Å². The third-order valence-electron chi connectivity index (χ3n) is 4.60. The maximum Gasteiger partial charge on any atom is 0.111 e. The molecule has 1 aromatic carbocycles. The SMILES string of the molecule is CCNCCc1nc2cc(C)ccc2n1CCN1CCCC1. The molecule has 4 nitrogen and oxygen atoms in total. The zero-order valence-electron chi connectivity index (χ0n) is 13.9. The highest BCUT2D eigenvalue weighted by Gasteiger charge is 2.14. The fourth-order valence-corrected chi connectivity index (χ4v) is 3.35. The molecule has 1 N–H and O–H groups in total. The molecule has 0 atom stereocenters. The second-order valence-corrected chi connectivity index (χ2v) is 6.32. The number of likely N-dealkylation sites (N-methyl/N-ethyl adjacent to an activating group) is 1. The summed E-state index contributed by atoms with van der Waals surface area (Å²) >= 11 is 0. The van der Waals surface area contributed by atoms with Crippen molar-refractivity contribution in [3.05, 3.63) is 29.6 Å². The third-order valence-corrected chi connectivity index (χ3v) is 4.60. The van der Waals surface area contributed by atoms with E-state index >= 15 is 0 Å². The van der Waals surface area contributed by atoms with E-state index in [1.807, 2.05) is 0 Å². The summed E-state index contributed by atoms with van der Waals surface area (Å²) in [5.41, 5.74) is 3.72. The molecule has 0 amide bonds. The maximum absolute atomic E-state index is 4.89. The zero-order chi connectivity index (χ0) is 15.4. The van der Waals surface area contributed by atoms with Crippen LogP contribution in [0.4, 0.5) is 0 Å². The summed E-state index contributed by atoms with van der Waals surface area (Å²) in [5, 5.41) is 3.41. The molecule has 120 valence electrons. The predicted octanol–water partition coefficient (Wildman–Crippen LogP) is 2.59. The van der Waals surface area contributed by atoms with Crippen molar-refractivity contribution in [1.82, 2.24) is 19.8 Å². The lowest BCUT2D eigenvalue weighted by molar-refractivity contribution is 0.322. The van der Waals surface area contributed by atoms with Gasteiger partial charge in [-0.3, -0.25) is 0 Å². The fraction of sp³-hybridized carbons (Fsp3) is 0.611. The Bertz CT molecular complexity index is 611. The topological polar surface area (TPSA) is 33.1 Å². The Balaban J connectivity index is 1.80. The van der Waals surface area contributed by atoms with Gasteiger partial charge < -0.3 is 14.8 Å². The molecular formula is C18H28N4. The summed E-state index contributed by atoms with van der Waals surface area (Å²) in [6.45, 7) is 11.0. The summed E-state index contributed by atoms with van der Waals surface area (Å²) in [5.74, 6) is 1.22. The Hall–Kier alpha value is -1.39. The summed E-state index contributed by atoms with van der Waals surface area (Å²) < 4.78 is 2.43. The lowest BCUT2D eigenvalue weighted by Crippen LogP contribution is -2.25. The van der Waals surface area contributed by atoms with Gasteiger partial charge in [0.2, 0.25) is 0 Å². The summed E-state index contributed by atoms with van der Waals surface area (Å²) in [4.78, 5) is 7.47. The number of hydrogen-bond acceptors (Lipinski definition) is 3. The van der Waals surface area contributed by atoms with Crippen LogP contribution in [0.1, 0.15) is 31.2 Å². The predicted molar refractivity (Wildman–Crippen MR) is 92.4 cm³/mol. The van der Waals surface area contributed by atoms with Gasteiger partial charge in [-0.15, -0.1) is 0 Å². The van der Waals surface area contributed by atoms with Gasteiger partial charge in [0.15, 0.2) is 0 Å². The second kappa shape index (κ2) is 7.25. The first-order chi connectivity index (χ1) is 10.8. The molecule has 2 aromatic rings. The van der Waals surface area contributed by atoms with Crippen LogP contribution in [-0.2, 0) is 13.0 Å². The van der Waals surface area contributed by atoms with Gasteiger partial charge in [-0.25, -0.2) is 4.98 Å². The van der Waals surface area contributed by atoms with Crippen molar-refractivity contribution in [3.8, 4) is 0 Å². The first-order valence-corrected chi connectivity index (χ1v) is 8.67. The summed E-state index contributed by atoms with van der Waals surface area (Å²) in [6.07, 6.45) is 3.72. The standard InChI is InChI=1S/C18H28N4/c1-3-19-9-8-18-20-16-14-15(2)6-7-17(16)22(18)13-12-21-10-4-5-11-21/h6-7,14,19H,3-5,8-13H2,1-2H3. The molecule has 4 heteroatoms. The van der Waals surface area contributed by atoms with Crippen LogP contribution in [-0.4, -0.2) is 47.2 Å². The van der Waals surface area contributed by atoms with Crippen LogP contribution in [0.2, 0.25) is 0 Å². The third kappa shape index (κ3) is 3.50. The highest BCUT2D eigenvalue weighted by Crippen LogP contribution is 2.19. The Morgan fingerprint density at radius 1 is 1.18 bits per heavy atom. The van der Waals surface area contributed by atoms with Gasteiger partial charge in [0.05, 0.1) is 11.0 Å². The lowest BCUT2D eigenvalue weighted by Gasteiger charge is -2.16. The van der Waals surface area contributed by atoms with E-state index in [9.17, 15) is 0 Å². The second-order valence-electron chi connectivity index (χ2n) is 6.32. The zero-order valence-corrected chi connectivity index (χ0v) is 13.9. The van der Waals surface area contributed by atoms with Gasteiger partial charge in [-0.2, -0.15) is 0 Å². The fourth-order valence-electron chi connectivity index (χ4n) is 3.35. The van der Waals surface area contributed by atoms with E-state index < -0.39 is 0 Å². The maximum atomic E-state index is 4.89. The molecule has 0 aliphatic carbocycles. The summed E-state index contributed by atoms with van der Waals surface area (Å²) in [7, 11) is 0. The van der Waals surface area contributed by atoms with Crippen molar-refractivity contribution in [1.29, 1.82) is 0 Å². The Morgan fingerprint density at radius 2 is 2.00 bits per heavy atom. The smallest absolute Gasteiger partial charge is 0.111 e. The van der Waals surface area contributed by atoms with Crippen LogP contribution in [0.3, 0.4) is 0 Å². The van der Waals surface area contributed by atoms with E-state index in [-0.39, 0.29) is 0 Å². The largest absolute Gasteiger partial charge is 0.327 e. The number of hydrogen-bond donors (Lipinski definition) is 1. The lowest BCUT2D eigenvalue weighted by atomic mass is 10.2. The molecule has 0 saturated carbocycles. The average molecular weight is 300 g/mol. The number of likely N-dealkylation sites (tertiary alicyclic amines) is 1. The number of fused-ring (bicyclic) bond motifs is 1. The number of rotatable bonds is 7. The molecule has 22 heavy (non-hydrogen) atoms. The van der Waals surface area contributed by atoms with Crippen molar-refractivity contribution in [2.45, 2.75) is 39.7 Å². The van der Waals surface area contributed by atoms with Gasteiger partial charge in [-0.05, 0) is 57.1 Å². The molecule has 1 saturated heterocycles. The van der Waals surface area contributed by atoms with Crippen molar-refractivity contribution >= 4 is 11.0 Å². The van der Waals surface area contributed by atoms with Crippen molar-refractivity contribution in [3.63, 3.8) is 0 Å². The van der Waals surface area contributed by atoms with Gasteiger partial charge in [0, 0.05) is 26.1 Å². The number of nitrogens with one attached hydrogen (secondary N) is 1. The summed E-state index contributed by atoms with van der Waals surface area (Å²) in [6, 6.07) is 6.64. The van der Waals surface area contributed by atoms with Gasteiger partial charge in [0.1, 0.15) is 5.82 Å². The number of benzene rings is 1. The molecule has 1 aliphatic heterocycles. The molecule has 0 bridgehead atoms. The molecule has 3 rings (SSSR count). The van der Waals surface area contributed by atoms with Crippen molar-refractivity contribution < 1.29 is 0 Å². The van der Waals surface area contributed by atoms with Gasteiger partial charge in [0.25, 0.3) is 0 Å². The molecular weight excluding hydrogens is 272 g/mol. The first-order valence-electron chi connectivity index (χ1n) is 8.67. The van der Waals surface area contributed by atoms with E-state index in [1.165, 1.54) is 42.8 Å². The Morgan fingerprint density at radius 3 is 2.77 bits per heavy atom. The number of aryl methyl sites for hydroxylation is 1. The van der Waals surface area contributed by atoms with Crippen LogP contribution in [0.25, 0.3) is 11.0 Å². The van der Waals surface area contributed by atoms with Gasteiger partial charge in [-0.1, -0.05) is 13.0 Å². The molecule has 0 radical (unpaired) electrons. The Labute approximate surface area is 133 Å². The Kier molecular flexibility index (Phi) is 5.11. The molecule has 1 fully saturated rings. The van der Waals surface area contributed by atoms with Crippen LogP contribution < -0.4 is 5.32 Å². The molecule has 0 spiro atoms. The van der Waals surface area contributed by atoms with Crippen molar-refractivity contribution in [2.75, 3.05) is 32.7 Å². The molecule has 0 unspecified atom stereocenters. The van der Waals surface area contributed by atoms with E-state index in [0.717, 1.165) is 38.1 Å². The molecule has 1 aliphatic rings. The highest BCUT2D eigenvalue weighted by atomic mass is 15.2. The van der Waals surface area contributed by atoms with Crippen LogP contribution in [0.5, 0.6) is 0 Å². The number of nitrogens with zero attached hydrogens (tertiary/aromatic N) is 3. The minimum Gasteiger partial charge on any atom is -0.327 e. The van der Waals surface area contributed by atoms with E-state index in [4.69, 9.17) is 4.98 Å². The van der Waals surface area contributed by atoms with Crippen LogP contribution in [0.15, 0.2) is 18.2 Å². The van der Waals surface area contributed by atoms with Crippen LogP contribution >= 0.6 is 0 Å². The normalized spacial score (nSPS) is 15.9. The van der Waals surface area contributed by atoms with E-state index in [2.05, 4.69) is 46.8 Å². The quantitative estimate of drug-likeness (QED) is 0.798. The minimum absolute atomic E-state index is 1.00. The van der Waals surface area contributed by atoms with Gasteiger partial charge >= 0.3 is 0 Å². The highest BCUT2D eigenvalue weighted by molar-refractivity contribution is 5.76. The number of imidazole rings is 1. The molecule has 1 aromatic heterocycles. The van der Waals surface area contributed by atoms with E-state index in [1.54, 1.807) is 0 Å². The number of aromatic nitrogens is 2. The average Bonchev–Trinajstić information content (AvgIpc) is 3.12. The molecule has 2 heterocycles.